The normalized spacial score (nSPS) is 13.2. The van der Waals surface area contributed by atoms with Crippen LogP contribution in [0, 0.1) is 0 Å². The Morgan fingerprint density at radius 3 is 2.31 bits per heavy atom. The molecule has 0 aromatic heterocycles. The van der Waals surface area contributed by atoms with Gasteiger partial charge >= 0.3 is 0 Å². The Bertz CT molecular complexity index is 1110. The van der Waals surface area contributed by atoms with Gasteiger partial charge in [0.15, 0.2) is 0 Å². The molecule has 192 valence electrons. The molecule has 0 spiro atoms. The van der Waals surface area contributed by atoms with Crippen LogP contribution in [0.25, 0.3) is 0 Å². The maximum Gasteiger partial charge on any atom is 0.243 e. The number of carbonyl (C=O) groups is 2. The summed E-state index contributed by atoms with van der Waals surface area (Å²) in [5.74, 6) is -0.144. The molecule has 0 unspecified atom stereocenters. The second kappa shape index (κ2) is 12.9. The van der Waals surface area contributed by atoms with Gasteiger partial charge in [-0.2, -0.15) is 4.31 Å². The zero-order valence-electron chi connectivity index (χ0n) is 20.8. The van der Waals surface area contributed by atoms with Crippen LogP contribution < -0.4 is 10.1 Å². The Morgan fingerprint density at radius 2 is 1.74 bits per heavy atom. The summed E-state index contributed by atoms with van der Waals surface area (Å²) in [5, 5.41) is 3.34. The smallest absolute Gasteiger partial charge is 0.243 e. The fourth-order valence-corrected chi connectivity index (χ4v) is 4.73. The van der Waals surface area contributed by atoms with Gasteiger partial charge in [0.25, 0.3) is 0 Å². The molecule has 35 heavy (non-hydrogen) atoms. The van der Waals surface area contributed by atoms with Gasteiger partial charge in [0.1, 0.15) is 11.8 Å². The van der Waals surface area contributed by atoms with Gasteiger partial charge in [-0.1, -0.05) is 37.6 Å². The Morgan fingerprint density at radius 1 is 1.09 bits per heavy atom. The highest BCUT2D eigenvalue weighted by atomic mass is 35.5. The van der Waals surface area contributed by atoms with Crippen molar-refractivity contribution in [1.82, 2.24) is 14.5 Å². The Hall–Kier alpha value is -2.62. The van der Waals surface area contributed by atoms with E-state index in [9.17, 15) is 18.0 Å². The van der Waals surface area contributed by atoms with Crippen LogP contribution in [0.15, 0.2) is 53.4 Å². The molecular formula is C25H34ClN3O5S. The van der Waals surface area contributed by atoms with Crippen molar-refractivity contribution in [2.24, 2.45) is 0 Å². The summed E-state index contributed by atoms with van der Waals surface area (Å²) in [6.45, 7) is 5.37. The number of nitrogens with one attached hydrogen (secondary N) is 1. The molecule has 0 saturated carbocycles. The number of rotatable bonds is 12. The maximum atomic E-state index is 13.5. The summed E-state index contributed by atoms with van der Waals surface area (Å²) in [7, 11) is -1.05. The summed E-state index contributed by atoms with van der Waals surface area (Å²) in [6.07, 6.45) is 1.11. The number of hydrogen-bond donors (Lipinski definition) is 1. The molecule has 0 aliphatic heterocycles. The van der Waals surface area contributed by atoms with Crippen LogP contribution in [0.1, 0.15) is 39.2 Å². The molecule has 0 aliphatic carbocycles. The lowest BCUT2D eigenvalue weighted by Gasteiger charge is -2.32. The van der Waals surface area contributed by atoms with Gasteiger partial charge in [-0.25, -0.2) is 8.42 Å². The van der Waals surface area contributed by atoms with Crippen LogP contribution in [0.4, 0.5) is 0 Å². The summed E-state index contributed by atoms with van der Waals surface area (Å²) in [6, 6.07) is 12.1. The molecule has 2 amide bonds. The zero-order chi connectivity index (χ0) is 26.2. The van der Waals surface area contributed by atoms with E-state index in [1.165, 1.54) is 36.2 Å². The van der Waals surface area contributed by atoms with E-state index in [1.807, 2.05) is 26.8 Å². The quantitative estimate of drug-likeness (QED) is 0.457. The Balaban J connectivity index is 2.35. The molecule has 2 aromatic carbocycles. The first-order valence-corrected chi connectivity index (χ1v) is 13.3. The minimum absolute atomic E-state index is 0.0260. The third kappa shape index (κ3) is 7.68. The molecule has 2 atom stereocenters. The highest BCUT2D eigenvalue weighted by Gasteiger charge is 2.32. The van der Waals surface area contributed by atoms with E-state index < -0.39 is 28.5 Å². The van der Waals surface area contributed by atoms with E-state index in [2.05, 4.69) is 5.32 Å². The van der Waals surface area contributed by atoms with E-state index in [0.29, 0.717) is 17.2 Å². The van der Waals surface area contributed by atoms with Crippen molar-refractivity contribution in [3.63, 3.8) is 0 Å². The van der Waals surface area contributed by atoms with Crippen LogP contribution >= 0.6 is 11.6 Å². The molecule has 10 heteroatoms. The van der Waals surface area contributed by atoms with Crippen molar-refractivity contribution < 1.29 is 22.7 Å². The summed E-state index contributed by atoms with van der Waals surface area (Å²) in [5.41, 5.74) is 0.760. The van der Waals surface area contributed by atoms with Gasteiger partial charge in [-0.15, -0.1) is 0 Å². The van der Waals surface area contributed by atoms with Crippen molar-refractivity contribution in [3.05, 3.63) is 59.1 Å². The van der Waals surface area contributed by atoms with Gasteiger partial charge in [-0.05, 0) is 61.7 Å². The van der Waals surface area contributed by atoms with Crippen molar-refractivity contribution in [2.45, 2.75) is 57.1 Å². The highest BCUT2D eigenvalue weighted by Crippen LogP contribution is 2.20. The third-order valence-electron chi connectivity index (χ3n) is 5.75. The minimum Gasteiger partial charge on any atom is -0.497 e. The van der Waals surface area contributed by atoms with Crippen molar-refractivity contribution in [3.8, 4) is 5.75 Å². The predicted molar refractivity (Wildman–Crippen MR) is 137 cm³/mol. The largest absolute Gasteiger partial charge is 0.497 e. The van der Waals surface area contributed by atoms with Gasteiger partial charge in [0.2, 0.25) is 21.8 Å². The van der Waals surface area contributed by atoms with Crippen molar-refractivity contribution >= 4 is 33.4 Å². The number of ether oxygens (including phenoxy) is 1. The van der Waals surface area contributed by atoms with Gasteiger partial charge < -0.3 is 15.0 Å². The SMILES string of the molecule is CC[C@@H](C)NC(=O)[C@@H](CC)N(Cc1cccc(OC)c1)C(=O)CN(C)S(=O)(=O)c1ccc(Cl)cc1. The number of hydrogen-bond acceptors (Lipinski definition) is 5. The zero-order valence-corrected chi connectivity index (χ0v) is 22.4. The number of likely N-dealkylation sites (N-methyl/N-ethyl adjacent to an activating group) is 1. The Kier molecular flexibility index (Phi) is 10.5. The van der Waals surface area contributed by atoms with Gasteiger partial charge in [0.05, 0.1) is 18.6 Å². The summed E-state index contributed by atoms with van der Waals surface area (Å²) >= 11 is 5.88. The number of carbonyl (C=O) groups excluding carboxylic acids is 2. The average Bonchev–Trinajstić information content (AvgIpc) is 2.84. The molecule has 0 heterocycles. The molecule has 0 radical (unpaired) electrons. The molecule has 2 rings (SSSR count). The average molecular weight is 524 g/mol. The number of benzene rings is 2. The number of amides is 2. The minimum atomic E-state index is -3.94. The lowest BCUT2D eigenvalue weighted by atomic mass is 10.1. The van der Waals surface area contributed by atoms with Crippen LogP contribution in [-0.4, -0.2) is 62.2 Å². The van der Waals surface area contributed by atoms with Crippen LogP contribution in [0.5, 0.6) is 5.75 Å². The van der Waals surface area contributed by atoms with Gasteiger partial charge in [0, 0.05) is 24.7 Å². The van der Waals surface area contributed by atoms with Crippen LogP contribution in [-0.2, 0) is 26.2 Å². The predicted octanol–water partition coefficient (Wildman–Crippen LogP) is 3.69. The summed E-state index contributed by atoms with van der Waals surface area (Å²) < 4.78 is 32.3. The third-order valence-corrected chi connectivity index (χ3v) is 7.82. The number of sulfonamides is 1. The highest BCUT2D eigenvalue weighted by molar-refractivity contribution is 7.89. The summed E-state index contributed by atoms with van der Waals surface area (Å²) in [4.78, 5) is 28.0. The van der Waals surface area contributed by atoms with Crippen molar-refractivity contribution in [2.75, 3.05) is 20.7 Å². The number of methoxy groups -OCH3 is 1. The molecule has 0 bridgehead atoms. The first-order valence-electron chi connectivity index (χ1n) is 11.5. The molecule has 0 aliphatic rings. The van der Waals surface area contributed by atoms with E-state index in [-0.39, 0.29) is 23.4 Å². The first-order chi connectivity index (χ1) is 16.5. The lowest BCUT2D eigenvalue weighted by Crippen LogP contribution is -2.53. The second-order valence-electron chi connectivity index (χ2n) is 8.33. The fraction of sp³-hybridized carbons (Fsp3) is 0.440. The van der Waals surface area contributed by atoms with Crippen LogP contribution in [0.2, 0.25) is 5.02 Å². The number of halogens is 1. The Labute approximate surface area is 213 Å². The standard InChI is InChI=1S/C25H34ClN3O5S/c1-6-18(3)27-25(31)23(7-2)29(16-19-9-8-10-21(15-19)34-5)24(30)17-28(4)35(32,33)22-13-11-20(26)12-14-22/h8-15,18,23H,6-7,16-17H2,1-5H3,(H,27,31)/t18-,23-/m1/s1. The second-order valence-corrected chi connectivity index (χ2v) is 10.8. The number of nitrogens with zero attached hydrogens (tertiary/aromatic N) is 2. The fourth-order valence-electron chi connectivity index (χ4n) is 3.48. The van der Waals surface area contributed by atoms with Gasteiger partial charge in [-0.3, -0.25) is 9.59 Å². The molecular weight excluding hydrogens is 490 g/mol. The van der Waals surface area contributed by atoms with E-state index >= 15 is 0 Å². The van der Waals surface area contributed by atoms with E-state index in [1.54, 1.807) is 25.3 Å². The molecule has 0 fully saturated rings. The first kappa shape index (κ1) is 28.6. The monoisotopic (exact) mass is 523 g/mol. The topological polar surface area (TPSA) is 96.0 Å². The van der Waals surface area contributed by atoms with E-state index in [0.717, 1.165) is 16.3 Å². The lowest BCUT2D eigenvalue weighted by molar-refractivity contribution is -0.141. The molecule has 2 aromatic rings. The molecule has 1 N–H and O–H groups in total. The molecule has 0 saturated heterocycles. The molecule has 8 nitrogen and oxygen atoms in total. The maximum absolute atomic E-state index is 13.5. The van der Waals surface area contributed by atoms with Crippen LogP contribution in [0.3, 0.4) is 0 Å². The van der Waals surface area contributed by atoms with Crippen molar-refractivity contribution in [1.29, 1.82) is 0 Å². The van der Waals surface area contributed by atoms with E-state index in [4.69, 9.17) is 16.3 Å².